The Hall–Kier alpha value is -2.14. The molecule has 0 radical (unpaired) electrons. The van der Waals surface area contributed by atoms with Crippen LogP contribution in [-0.4, -0.2) is 26.4 Å². The average molecular weight is 246 g/mol. The predicted octanol–water partition coefficient (Wildman–Crippen LogP) is 2.00. The zero-order valence-corrected chi connectivity index (χ0v) is 10.1. The fourth-order valence-corrected chi connectivity index (χ4v) is 1.81. The van der Waals surface area contributed by atoms with Crippen LogP contribution in [0.5, 0.6) is 0 Å². The Balaban J connectivity index is 2.53. The first-order valence-electron chi connectivity index (χ1n) is 5.50. The molecule has 0 saturated carbocycles. The Morgan fingerprint density at radius 2 is 2.00 bits per heavy atom. The highest BCUT2D eigenvalue weighted by molar-refractivity contribution is 5.87. The van der Waals surface area contributed by atoms with Gasteiger partial charge >= 0.3 is 5.97 Å². The molecule has 5 nitrogen and oxygen atoms in total. The summed E-state index contributed by atoms with van der Waals surface area (Å²) < 4.78 is 0. The van der Waals surface area contributed by atoms with E-state index < -0.39 is 11.6 Å². The number of nitrogens with one attached hydrogen (secondary N) is 1. The van der Waals surface area contributed by atoms with Crippen LogP contribution in [0.15, 0.2) is 30.3 Å². The normalized spacial score (nSPS) is 11.5. The van der Waals surface area contributed by atoms with Crippen LogP contribution in [0.25, 0.3) is 11.3 Å². The molecule has 0 saturated heterocycles. The molecule has 18 heavy (non-hydrogen) atoms. The van der Waals surface area contributed by atoms with E-state index >= 15 is 0 Å². The molecule has 94 valence electrons. The summed E-state index contributed by atoms with van der Waals surface area (Å²) in [6.07, 6.45) is 0. The third-order valence-corrected chi connectivity index (χ3v) is 2.67. The fraction of sp³-hybridized carbons (Fsp3) is 0.231. The topological polar surface area (TPSA) is 86.2 Å². The molecule has 1 heterocycles. The number of aliphatic hydroxyl groups is 1. The molecule has 2 rings (SSSR count). The van der Waals surface area contributed by atoms with Crippen molar-refractivity contribution in [3.63, 3.8) is 0 Å². The molecule has 0 atom stereocenters. The standard InChI is InChI=1S/C13H14N2O3/c1-13(2,18)9-6-4-3-5-8(9)10-7-11(12(16)17)15-14-10/h3-7,18H,1-2H3,(H,14,15)(H,16,17). The number of hydrogen-bond acceptors (Lipinski definition) is 3. The first-order chi connectivity index (χ1) is 8.39. The number of rotatable bonds is 3. The van der Waals surface area contributed by atoms with E-state index in [9.17, 15) is 9.90 Å². The van der Waals surface area contributed by atoms with Crippen molar-refractivity contribution in [3.05, 3.63) is 41.6 Å². The smallest absolute Gasteiger partial charge is 0.353 e. The largest absolute Gasteiger partial charge is 0.477 e. The Kier molecular flexibility index (Phi) is 2.92. The summed E-state index contributed by atoms with van der Waals surface area (Å²) in [5, 5.41) is 25.4. The predicted molar refractivity (Wildman–Crippen MR) is 66.2 cm³/mol. The quantitative estimate of drug-likeness (QED) is 0.773. The molecule has 1 aromatic carbocycles. The highest BCUT2D eigenvalue weighted by atomic mass is 16.4. The summed E-state index contributed by atoms with van der Waals surface area (Å²) in [4.78, 5) is 10.8. The summed E-state index contributed by atoms with van der Waals surface area (Å²) in [5.74, 6) is -1.06. The van der Waals surface area contributed by atoms with Crippen molar-refractivity contribution in [3.8, 4) is 11.3 Å². The van der Waals surface area contributed by atoms with Crippen molar-refractivity contribution in [2.24, 2.45) is 0 Å². The number of hydrogen-bond donors (Lipinski definition) is 3. The summed E-state index contributed by atoms with van der Waals surface area (Å²) >= 11 is 0. The molecule has 0 amide bonds. The summed E-state index contributed by atoms with van der Waals surface area (Å²) in [7, 11) is 0. The Morgan fingerprint density at radius 1 is 1.33 bits per heavy atom. The molecule has 3 N–H and O–H groups in total. The van der Waals surface area contributed by atoms with Crippen LogP contribution in [0.1, 0.15) is 29.9 Å². The maximum Gasteiger partial charge on any atom is 0.353 e. The number of aromatic nitrogens is 2. The van der Waals surface area contributed by atoms with Crippen molar-refractivity contribution >= 4 is 5.97 Å². The molecule has 0 spiro atoms. The van der Waals surface area contributed by atoms with E-state index in [0.29, 0.717) is 16.8 Å². The number of nitrogens with zero attached hydrogens (tertiary/aromatic N) is 1. The molecule has 0 bridgehead atoms. The molecule has 1 aromatic heterocycles. The monoisotopic (exact) mass is 246 g/mol. The lowest BCUT2D eigenvalue weighted by Gasteiger charge is -2.20. The van der Waals surface area contributed by atoms with Gasteiger partial charge in [0.25, 0.3) is 0 Å². The van der Waals surface area contributed by atoms with Gasteiger partial charge in [0.1, 0.15) is 5.69 Å². The van der Waals surface area contributed by atoms with Gasteiger partial charge in [0, 0.05) is 5.56 Å². The summed E-state index contributed by atoms with van der Waals surface area (Å²) in [6.45, 7) is 3.35. The highest BCUT2D eigenvalue weighted by Crippen LogP contribution is 2.30. The van der Waals surface area contributed by atoms with E-state index in [1.807, 2.05) is 12.1 Å². The van der Waals surface area contributed by atoms with Crippen LogP contribution in [0.4, 0.5) is 0 Å². The van der Waals surface area contributed by atoms with E-state index in [1.54, 1.807) is 26.0 Å². The lowest BCUT2D eigenvalue weighted by molar-refractivity contribution is 0.0690. The minimum Gasteiger partial charge on any atom is -0.477 e. The Labute approximate surface area is 104 Å². The second-order valence-electron chi connectivity index (χ2n) is 4.58. The Bertz CT molecular complexity index is 582. The van der Waals surface area contributed by atoms with E-state index in [-0.39, 0.29) is 5.69 Å². The number of carboxylic acids is 1. The first kappa shape index (κ1) is 12.3. The maximum atomic E-state index is 10.8. The average Bonchev–Trinajstić information content (AvgIpc) is 2.77. The summed E-state index contributed by atoms with van der Waals surface area (Å²) in [6, 6.07) is 8.69. The lowest BCUT2D eigenvalue weighted by Crippen LogP contribution is -2.16. The molecule has 2 aromatic rings. The zero-order chi connectivity index (χ0) is 13.3. The number of carbonyl (C=O) groups is 1. The molecule has 0 aliphatic rings. The minimum atomic E-state index is -1.06. The maximum absolute atomic E-state index is 10.8. The van der Waals surface area contributed by atoms with E-state index in [0.717, 1.165) is 0 Å². The molecule has 0 aliphatic carbocycles. The van der Waals surface area contributed by atoms with Crippen LogP contribution < -0.4 is 0 Å². The molecular weight excluding hydrogens is 232 g/mol. The van der Waals surface area contributed by atoms with Crippen molar-refractivity contribution in [2.75, 3.05) is 0 Å². The van der Waals surface area contributed by atoms with Gasteiger partial charge in [-0.15, -0.1) is 0 Å². The third kappa shape index (κ3) is 2.26. The van der Waals surface area contributed by atoms with Crippen LogP contribution in [0.3, 0.4) is 0 Å². The SMILES string of the molecule is CC(C)(O)c1ccccc1-c1cc(C(=O)O)[nH]n1. The van der Waals surface area contributed by atoms with Gasteiger partial charge in [0.15, 0.2) is 0 Å². The summed E-state index contributed by atoms with van der Waals surface area (Å²) in [5.41, 5.74) is 0.932. The van der Waals surface area contributed by atoms with Crippen molar-refractivity contribution < 1.29 is 15.0 Å². The first-order valence-corrected chi connectivity index (χ1v) is 5.50. The lowest BCUT2D eigenvalue weighted by atomic mass is 9.92. The van der Waals surface area contributed by atoms with Gasteiger partial charge in [-0.1, -0.05) is 24.3 Å². The van der Waals surface area contributed by atoms with Crippen LogP contribution in [0, 0.1) is 0 Å². The Morgan fingerprint density at radius 3 is 2.56 bits per heavy atom. The molecule has 5 heteroatoms. The van der Waals surface area contributed by atoms with Crippen LogP contribution >= 0.6 is 0 Å². The minimum absolute atomic E-state index is 0.0237. The van der Waals surface area contributed by atoms with Gasteiger partial charge < -0.3 is 10.2 Å². The highest BCUT2D eigenvalue weighted by Gasteiger charge is 2.21. The number of carboxylic acid groups (broad SMARTS) is 1. The number of benzene rings is 1. The van der Waals surface area contributed by atoms with Gasteiger partial charge in [-0.05, 0) is 25.5 Å². The molecule has 0 aliphatic heterocycles. The molecule has 0 unspecified atom stereocenters. The van der Waals surface area contributed by atoms with Crippen molar-refractivity contribution in [1.29, 1.82) is 0 Å². The number of H-pyrrole nitrogens is 1. The van der Waals surface area contributed by atoms with Crippen molar-refractivity contribution in [2.45, 2.75) is 19.4 Å². The van der Waals surface area contributed by atoms with Crippen molar-refractivity contribution in [1.82, 2.24) is 10.2 Å². The van der Waals surface area contributed by atoms with Crippen LogP contribution in [0.2, 0.25) is 0 Å². The number of aromatic carboxylic acids is 1. The second kappa shape index (κ2) is 4.27. The second-order valence-corrected chi connectivity index (χ2v) is 4.58. The van der Waals surface area contributed by atoms with E-state index in [1.165, 1.54) is 6.07 Å². The number of aromatic amines is 1. The molecular formula is C13H14N2O3. The van der Waals surface area contributed by atoms with Gasteiger partial charge in [-0.2, -0.15) is 5.10 Å². The third-order valence-electron chi connectivity index (χ3n) is 2.67. The van der Waals surface area contributed by atoms with E-state index in [4.69, 9.17) is 5.11 Å². The van der Waals surface area contributed by atoms with Crippen LogP contribution in [-0.2, 0) is 5.60 Å². The van der Waals surface area contributed by atoms with Gasteiger partial charge in [-0.3, -0.25) is 5.10 Å². The van der Waals surface area contributed by atoms with Gasteiger partial charge in [-0.25, -0.2) is 4.79 Å². The zero-order valence-electron chi connectivity index (χ0n) is 10.1. The van der Waals surface area contributed by atoms with Gasteiger partial charge in [0.05, 0.1) is 11.3 Å². The molecule has 0 fully saturated rings. The van der Waals surface area contributed by atoms with Gasteiger partial charge in [0.2, 0.25) is 0 Å². The van der Waals surface area contributed by atoms with E-state index in [2.05, 4.69) is 10.2 Å². The fourth-order valence-electron chi connectivity index (χ4n) is 1.81.